The summed E-state index contributed by atoms with van der Waals surface area (Å²) in [6, 6.07) is 6.52. The largest absolute Gasteiger partial charge is 0.497 e. The van der Waals surface area contributed by atoms with Crippen LogP contribution in [0.25, 0.3) is 11.1 Å². The number of nitrogens with one attached hydrogen (secondary N) is 3. The Morgan fingerprint density at radius 3 is 2.25 bits per heavy atom. The van der Waals surface area contributed by atoms with Crippen LogP contribution >= 0.6 is 0 Å². The number of benzene rings is 2. The van der Waals surface area contributed by atoms with Crippen LogP contribution < -0.4 is 15.4 Å². The normalized spacial score (nSPS) is 11.8. The van der Waals surface area contributed by atoms with Crippen molar-refractivity contribution in [3.63, 3.8) is 0 Å². The number of halogens is 6. The van der Waals surface area contributed by atoms with E-state index in [0.717, 1.165) is 12.4 Å². The maximum Gasteiger partial charge on any atom is 0.417 e. The number of methoxy groups -OCH3 is 1. The highest BCUT2D eigenvalue weighted by atomic mass is 19.4. The number of anilines is 1. The SMILES string of the molecule is COc1cccc(CNC(=O)Nc2cc(C(F)(F)F)c(-c3cn[nH]c3)c(C(F)(F)F)c2)c1. The van der Waals surface area contributed by atoms with Crippen molar-refractivity contribution in [2.75, 3.05) is 12.4 Å². The molecule has 2 amide bonds. The Labute approximate surface area is 177 Å². The van der Waals surface area contributed by atoms with Gasteiger partial charge in [0.1, 0.15) is 5.75 Å². The Bertz CT molecular complexity index is 1060. The number of amides is 2. The second-order valence-electron chi connectivity index (χ2n) is 6.59. The number of carbonyl (C=O) groups excluding carboxylic acids is 1. The average molecular weight is 458 g/mol. The lowest BCUT2D eigenvalue weighted by Gasteiger charge is -2.20. The van der Waals surface area contributed by atoms with E-state index in [4.69, 9.17) is 4.74 Å². The third kappa shape index (κ3) is 5.31. The number of hydrogen-bond donors (Lipinski definition) is 3. The quantitative estimate of drug-likeness (QED) is 0.446. The van der Waals surface area contributed by atoms with Gasteiger partial charge < -0.3 is 15.4 Å². The fourth-order valence-corrected chi connectivity index (χ4v) is 3.00. The summed E-state index contributed by atoms with van der Waals surface area (Å²) in [5.74, 6) is 0.518. The average Bonchev–Trinajstić information content (AvgIpc) is 3.25. The van der Waals surface area contributed by atoms with Gasteiger partial charge in [0, 0.05) is 29.6 Å². The van der Waals surface area contributed by atoms with Crippen LogP contribution in [-0.4, -0.2) is 23.3 Å². The molecular formula is C20H16F6N4O2. The summed E-state index contributed by atoms with van der Waals surface area (Å²) >= 11 is 0. The predicted octanol–water partition coefficient (Wildman–Crippen LogP) is 5.44. The fourth-order valence-electron chi connectivity index (χ4n) is 3.00. The summed E-state index contributed by atoms with van der Waals surface area (Å²) in [7, 11) is 1.45. The molecule has 0 unspecified atom stereocenters. The molecule has 1 heterocycles. The number of alkyl halides is 6. The number of hydrogen-bond acceptors (Lipinski definition) is 3. The van der Waals surface area contributed by atoms with Gasteiger partial charge >= 0.3 is 18.4 Å². The zero-order valence-corrected chi connectivity index (χ0v) is 16.4. The number of H-pyrrole nitrogens is 1. The molecule has 2 aromatic carbocycles. The molecule has 0 aliphatic carbocycles. The molecule has 0 atom stereocenters. The van der Waals surface area contributed by atoms with Crippen molar-refractivity contribution < 1.29 is 35.9 Å². The molecule has 3 aromatic rings. The number of urea groups is 1. The monoisotopic (exact) mass is 458 g/mol. The van der Waals surface area contributed by atoms with Crippen molar-refractivity contribution in [1.82, 2.24) is 15.5 Å². The van der Waals surface area contributed by atoms with Crippen molar-refractivity contribution >= 4 is 11.7 Å². The van der Waals surface area contributed by atoms with E-state index in [0.29, 0.717) is 23.4 Å². The molecule has 3 rings (SSSR count). The van der Waals surface area contributed by atoms with Gasteiger partial charge in [-0.1, -0.05) is 12.1 Å². The van der Waals surface area contributed by atoms with Crippen LogP contribution in [0.3, 0.4) is 0 Å². The first-order valence-electron chi connectivity index (χ1n) is 8.98. The van der Waals surface area contributed by atoms with Gasteiger partial charge in [0.05, 0.1) is 24.4 Å². The van der Waals surface area contributed by atoms with E-state index in [1.54, 1.807) is 24.3 Å². The standard InChI is InChI=1S/C20H16F6N4O2/c1-32-14-4-2-3-11(5-14)8-27-18(31)30-13-6-15(19(21,22)23)17(12-9-28-29-10-12)16(7-13)20(24,25)26/h2-7,9-10H,8H2,1H3,(H,28,29)(H2,27,30,31). The maximum atomic E-state index is 13.6. The van der Waals surface area contributed by atoms with Gasteiger partial charge in [-0.15, -0.1) is 0 Å². The molecule has 0 bridgehead atoms. The van der Waals surface area contributed by atoms with Crippen LogP contribution in [0.2, 0.25) is 0 Å². The van der Waals surface area contributed by atoms with Crippen LogP contribution in [0, 0.1) is 0 Å². The van der Waals surface area contributed by atoms with Gasteiger partial charge in [0.2, 0.25) is 0 Å². The zero-order chi connectivity index (χ0) is 23.5. The Balaban J connectivity index is 1.92. The molecule has 0 spiro atoms. The number of nitrogens with zero attached hydrogens (tertiary/aromatic N) is 1. The molecule has 0 aliphatic heterocycles. The molecule has 0 saturated heterocycles. The molecule has 32 heavy (non-hydrogen) atoms. The molecule has 1 aromatic heterocycles. The molecule has 0 aliphatic rings. The summed E-state index contributed by atoms with van der Waals surface area (Å²) in [5.41, 5.74) is -4.64. The highest BCUT2D eigenvalue weighted by Crippen LogP contribution is 2.45. The van der Waals surface area contributed by atoms with E-state index in [2.05, 4.69) is 15.5 Å². The van der Waals surface area contributed by atoms with Gasteiger partial charge in [0.25, 0.3) is 0 Å². The van der Waals surface area contributed by atoms with E-state index in [9.17, 15) is 31.1 Å². The third-order valence-corrected chi connectivity index (χ3v) is 4.38. The van der Waals surface area contributed by atoms with Crippen molar-refractivity contribution in [3.8, 4) is 16.9 Å². The summed E-state index contributed by atoms with van der Waals surface area (Å²) in [6.07, 6.45) is -8.47. The van der Waals surface area contributed by atoms with Crippen LogP contribution in [-0.2, 0) is 18.9 Å². The minimum Gasteiger partial charge on any atom is -0.497 e. The summed E-state index contributed by atoms with van der Waals surface area (Å²) in [6.45, 7) is -0.0333. The van der Waals surface area contributed by atoms with Crippen LogP contribution in [0.15, 0.2) is 48.8 Å². The van der Waals surface area contributed by atoms with Gasteiger partial charge in [-0.25, -0.2) is 4.79 Å². The minimum atomic E-state index is -5.12. The number of aromatic amines is 1. The predicted molar refractivity (Wildman–Crippen MR) is 103 cm³/mol. The summed E-state index contributed by atoms with van der Waals surface area (Å²) in [4.78, 5) is 12.1. The summed E-state index contributed by atoms with van der Waals surface area (Å²) < 4.78 is 86.8. The molecule has 3 N–H and O–H groups in total. The second kappa shape index (κ2) is 8.81. The lowest BCUT2D eigenvalue weighted by atomic mass is 9.94. The van der Waals surface area contributed by atoms with Crippen LogP contribution in [0.4, 0.5) is 36.8 Å². The Kier molecular flexibility index (Phi) is 6.32. The van der Waals surface area contributed by atoms with Crippen molar-refractivity contribution in [1.29, 1.82) is 0 Å². The zero-order valence-electron chi connectivity index (χ0n) is 16.4. The lowest BCUT2D eigenvalue weighted by Crippen LogP contribution is -2.28. The number of ether oxygens (including phenoxy) is 1. The Morgan fingerprint density at radius 2 is 1.72 bits per heavy atom. The number of rotatable bonds is 5. The number of aromatic nitrogens is 2. The van der Waals surface area contributed by atoms with Crippen molar-refractivity contribution in [3.05, 3.63) is 65.5 Å². The molecule has 0 fully saturated rings. The molecule has 12 heteroatoms. The molecular weight excluding hydrogens is 442 g/mol. The van der Waals surface area contributed by atoms with E-state index in [1.807, 2.05) is 5.32 Å². The highest BCUT2D eigenvalue weighted by molar-refractivity contribution is 5.90. The van der Waals surface area contributed by atoms with E-state index in [1.165, 1.54) is 7.11 Å². The highest BCUT2D eigenvalue weighted by Gasteiger charge is 2.42. The van der Waals surface area contributed by atoms with Crippen LogP contribution in [0.5, 0.6) is 5.75 Å². The summed E-state index contributed by atoms with van der Waals surface area (Å²) in [5, 5.41) is 10.0. The fraction of sp³-hybridized carbons (Fsp3) is 0.200. The van der Waals surface area contributed by atoms with Crippen molar-refractivity contribution in [2.24, 2.45) is 0 Å². The van der Waals surface area contributed by atoms with Crippen LogP contribution in [0.1, 0.15) is 16.7 Å². The van der Waals surface area contributed by atoms with Gasteiger partial charge in [-0.3, -0.25) is 5.10 Å². The lowest BCUT2D eigenvalue weighted by molar-refractivity contribution is -0.142. The van der Waals surface area contributed by atoms with Gasteiger partial charge in [-0.2, -0.15) is 31.4 Å². The molecule has 0 radical (unpaired) electrons. The molecule has 6 nitrogen and oxygen atoms in total. The first kappa shape index (κ1) is 23.0. The Hall–Kier alpha value is -3.70. The van der Waals surface area contributed by atoms with Crippen molar-refractivity contribution in [2.45, 2.75) is 18.9 Å². The van der Waals surface area contributed by atoms with Gasteiger partial charge in [0.15, 0.2) is 0 Å². The second-order valence-corrected chi connectivity index (χ2v) is 6.59. The third-order valence-electron chi connectivity index (χ3n) is 4.38. The van der Waals surface area contributed by atoms with Gasteiger partial charge in [-0.05, 0) is 29.8 Å². The topological polar surface area (TPSA) is 79.0 Å². The first-order valence-corrected chi connectivity index (χ1v) is 8.98. The van der Waals surface area contributed by atoms with E-state index < -0.39 is 46.3 Å². The maximum absolute atomic E-state index is 13.6. The van der Waals surface area contributed by atoms with E-state index in [-0.39, 0.29) is 6.54 Å². The first-order chi connectivity index (χ1) is 15.0. The minimum absolute atomic E-state index is 0.0333. The van der Waals surface area contributed by atoms with E-state index >= 15 is 0 Å². The number of carbonyl (C=O) groups is 1. The molecule has 170 valence electrons. The molecule has 0 saturated carbocycles. The Morgan fingerprint density at radius 1 is 1.06 bits per heavy atom. The smallest absolute Gasteiger partial charge is 0.417 e.